The number of rotatable bonds is 3. The third kappa shape index (κ3) is 2.07. The van der Waals surface area contributed by atoms with E-state index in [2.05, 4.69) is 10.2 Å². The van der Waals surface area contributed by atoms with E-state index >= 15 is 0 Å². The van der Waals surface area contributed by atoms with Crippen LogP contribution in [0.5, 0.6) is 0 Å². The number of carboxylic acid groups (broad SMARTS) is 1. The van der Waals surface area contributed by atoms with Gasteiger partial charge in [-0.2, -0.15) is 0 Å². The van der Waals surface area contributed by atoms with E-state index in [1.807, 2.05) is 0 Å². The summed E-state index contributed by atoms with van der Waals surface area (Å²) in [6.45, 7) is 2.85. The van der Waals surface area contributed by atoms with Gasteiger partial charge in [0.25, 0.3) is 0 Å². The zero-order valence-corrected chi connectivity index (χ0v) is 8.41. The predicted molar refractivity (Wildman–Crippen MR) is 53.3 cm³/mol. The first-order valence-corrected chi connectivity index (χ1v) is 5.45. The largest absolute Gasteiger partial charge is 0.481 e. The molecular formula is C10H18N2O2. The van der Waals surface area contributed by atoms with Gasteiger partial charge in [-0.1, -0.05) is 0 Å². The number of hydrogen-bond acceptors (Lipinski definition) is 3. The molecule has 0 aromatic heterocycles. The minimum atomic E-state index is -0.679. The number of hydrogen-bond donors (Lipinski definition) is 2. The minimum Gasteiger partial charge on any atom is -0.481 e. The van der Waals surface area contributed by atoms with Gasteiger partial charge in [-0.05, 0) is 25.8 Å². The summed E-state index contributed by atoms with van der Waals surface area (Å²) in [5, 5.41) is 12.1. The maximum absolute atomic E-state index is 10.5. The lowest BCUT2D eigenvalue weighted by molar-refractivity contribution is -0.137. The SMILES string of the molecule is O=C(O)CCN1[C@H]2CCNC[C@@H]1CC2. The van der Waals surface area contributed by atoms with Crippen LogP contribution >= 0.6 is 0 Å². The number of carbonyl (C=O) groups is 1. The van der Waals surface area contributed by atoms with E-state index in [9.17, 15) is 4.79 Å². The van der Waals surface area contributed by atoms with Crippen LogP contribution in [0.25, 0.3) is 0 Å². The van der Waals surface area contributed by atoms with E-state index in [4.69, 9.17) is 5.11 Å². The summed E-state index contributed by atoms with van der Waals surface area (Å²) < 4.78 is 0. The van der Waals surface area contributed by atoms with Crippen LogP contribution in [0.3, 0.4) is 0 Å². The lowest BCUT2D eigenvalue weighted by Gasteiger charge is -2.26. The van der Waals surface area contributed by atoms with Crippen LogP contribution in [0.1, 0.15) is 25.7 Å². The van der Waals surface area contributed by atoms with E-state index < -0.39 is 5.97 Å². The average molecular weight is 198 g/mol. The third-order valence-corrected chi connectivity index (χ3v) is 3.39. The fourth-order valence-corrected chi connectivity index (χ4v) is 2.67. The molecule has 0 unspecified atom stereocenters. The molecule has 0 radical (unpaired) electrons. The molecular weight excluding hydrogens is 180 g/mol. The van der Waals surface area contributed by atoms with Crippen molar-refractivity contribution in [3.05, 3.63) is 0 Å². The highest BCUT2D eigenvalue weighted by atomic mass is 16.4. The zero-order valence-electron chi connectivity index (χ0n) is 8.41. The van der Waals surface area contributed by atoms with Crippen molar-refractivity contribution in [3.8, 4) is 0 Å². The van der Waals surface area contributed by atoms with Gasteiger partial charge >= 0.3 is 5.97 Å². The van der Waals surface area contributed by atoms with E-state index in [0.29, 0.717) is 12.1 Å². The molecule has 0 saturated carbocycles. The Balaban J connectivity index is 1.92. The molecule has 0 amide bonds. The molecule has 0 spiro atoms. The number of nitrogens with zero attached hydrogens (tertiary/aromatic N) is 1. The normalized spacial score (nSPS) is 32.9. The van der Waals surface area contributed by atoms with Crippen LogP contribution in [0.2, 0.25) is 0 Å². The zero-order chi connectivity index (χ0) is 9.97. The highest BCUT2D eigenvalue weighted by molar-refractivity contribution is 5.66. The molecule has 14 heavy (non-hydrogen) atoms. The van der Waals surface area contributed by atoms with Crippen molar-refractivity contribution in [2.24, 2.45) is 0 Å². The Morgan fingerprint density at radius 2 is 2.14 bits per heavy atom. The summed E-state index contributed by atoms with van der Waals surface area (Å²) in [6, 6.07) is 1.22. The molecule has 4 heteroatoms. The number of fused-ring (bicyclic) bond motifs is 2. The summed E-state index contributed by atoms with van der Waals surface area (Å²) in [4.78, 5) is 12.9. The molecule has 2 rings (SSSR count). The van der Waals surface area contributed by atoms with Gasteiger partial charge in [-0.3, -0.25) is 9.69 Å². The highest BCUT2D eigenvalue weighted by Crippen LogP contribution is 2.27. The molecule has 2 aliphatic heterocycles. The molecule has 2 heterocycles. The number of nitrogens with one attached hydrogen (secondary N) is 1. The maximum atomic E-state index is 10.5. The van der Waals surface area contributed by atoms with Gasteiger partial charge in [0, 0.05) is 25.2 Å². The number of aliphatic carboxylic acids is 1. The van der Waals surface area contributed by atoms with Crippen molar-refractivity contribution in [1.82, 2.24) is 10.2 Å². The van der Waals surface area contributed by atoms with Crippen LogP contribution < -0.4 is 5.32 Å². The van der Waals surface area contributed by atoms with Crippen LogP contribution in [-0.4, -0.2) is 47.7 Å². The Morgan fingerprint density at radius 1 is 1.36 bits per heavy atom. The van der Waals surface area contributed by atoms with Gasteiger partial charge < -0.3 is 10.4 Å². The van der Waals surface area contributed by atoms with Crippen molar-refractivity contribution in [1.29, 1.82) is 0 Å². The lowest BCUT2D eigenvalue weighted by atomic mass is 10.1. The second-order valence-corrected chi connectivity index (χ2v) is 4.26. The monoisotopic (exact) mass is 198 g/mol. The fourth-order valence-electron chi connectivity index (χ4n) is 2.67. The molecule has 0 aromatic carbocycles. The van der Waals surface area contributed by atoms with Crippen molar-refractivity contribution in [3.63, 3.8) is 0 Å². The standard InChI is InChI=1S/C10H18N2O2/c13-10(14)4-6-12-8-1-2-9(12)7-11-5-3-8/h8-9,11H,1-7H2,(H,13,14)/t8-,9+/m1/s1. The molecule has 2 saturated heterocycles. The van der Waals surface area contributed by atoms with E-state index in [1.165, 1.54) is 19.3 Å². The minimum absolute atomic E-state index is 0.285. The summed E-state index contributed by atoms with van der Waals surface area (Å²) in [6.07, 6.45) is 3.95. The predicted octanol–water partition coefficient (Wildman–Crippen LogP) is 0.287. The summed E-state index contributed by atoms with van der Waals surface area (Å²) >= 11 is 0. The van der Waals surface area contributed by atoms with E-state index in [1.54, 1.807) is 0 Å². The molecule has 2 atom stereocenters. The van der Waals surface area contributed by atoms with Crippen molar-refractivity contribution >= 4 is 5.97 Å². The molecule has 2 aliphatic rings. The van der Waals surface area contributed by atoms with Gasteiger partial charge in [-0.15, -0.1) is 0 Å². The van der Waals surface area contributed by atoms with Gasteiger partial charge in [0.05, 0.1) is 6.42 Å². The Morgan fingerprint density at radius 3 is 2.93 bits per heavy atom. The first kappa shape index (κ1) is 9.93. The molecule has 2 fully saturated rings. The summed E-state index contributed by atoms with van der Waals surface area (Å²) in [7, 11) is 0. The molecule has 0 aliphatic carbocycles. The third-order valence-electron chi connectivity index (χ3n) is 3.39. The number of carboxylic acids is 1. The van der Waals surface area contributed by atoms with E-state index in [-0.39, 0.29) is 6.42 Å². The Kier molecular flexibility index (Phi) is 3.03. The topological polar surface area (TPSA) is 52.6 Å². The van der Waals surface area contributed by atoms with E-state index in [0.717, 1.165) is 19.6 Å². The van der Waals surface area contributed by atoms with Crippen LogP contribution in [-0.2, 0) is 4.79 Å². The maximum Gasteiger partial charge on any atom is 0.304 e. The van der Waals surface area contributed by atoms with Crippen molar-refractivity contribution in [2.45, 2.75) is 37.8 Å². The highest BCUT2D eigenvalue weighted by Gasteiger charge is 2.34. The summed E-state index contributed by atoms with van der Waals surface area (Å²) in [5.74, 6) is -0.679. The van der Waals surface area contributed by atoms with Gasteiger partial charge in [0.15, 0.2) is 0 Å². The molecule has 4 nitrogen and oxygen atoms in total. The molecule has 0 aromatic rings. The lowest BCUT2D eigenvalue weighted by Crippen LogP contribution is -2.39. The molecule has 80 valence electrons. The second kappa shape index (κ2) is 4.28. The Bertz CT molecular complexity index is 206. The van der Waals surface area contributed by atoms with Crippen molar-refractivity contribution < 1.29 is 9.90 Å². The van der Waals surface area contributed by atoms with Crippen molar-refractivity contribution in [2.75, 3.05) is 19.6 Å². The smallest absolute Gasteiger partial charge is 0.304 e. The quantitative estimate of drug-likeness (QED) is 0.684. The summed E-state index contributed by atoms with van der Waals surface area (Å²) in [5.41, 5.74) is 0. The molecule has 2 bridgehead atoms. The van der Waals surface area contributed by atoms with Gasteiger partial charge in [-0.25, -0.2) is 0 Å². The van der Waals surface area contributed by atoms with Gasteiger partial charge in [0.1, 0.15) is 0 Å². The van der Waals surface area contributed by atoms with Crippen LogP contribution in [0.15, 0.2) is 0 Å². The fraction of sp³-hybridized carbons (Fsp3) is 0.900. The first-order chi connectivity index (χ1) is 6.77. The molecule has 2 N–H and O–H groups in total. The van der Waals surface area contributed by atoms with Crippen LogP contribution in [0.4, 0.5) is 0 Å². The Hall–Kier alpha value is -0.610. The average Bonchev–Trinajstić information content (AvgIpc) is 2.36. The van der Waals surface area contributed by atoms with Gasteiger partial charge in [0.2, 0.25) is 0 Å². The second-order valence-electron chi connectivity index (χ2n) is 4.26. The first-order valence-electron chi connectivity index (χ1n) is 5.45. The Labute approximate surface area is 84.3 Å². The van der Waals surface area contributed by atoms with Crippen LogP contribution in [0, 0.1) is 0 Å².